The van der Waals surface area contributed by atoms with Gasteiger partial charge >= 0.3 is 0 Å². The summed E-state index contributed by atoms with van der Waals surface area (Å²) in [7, 11) is 1.59. The number of aliphatic hydroxyl groups is 1. The first-order valence-electron chi connectivity index (χ1n) is 3.85. The van der Waals surface area contributed by atoms with Crippen molar-refractivity contribution in [3.63, 3.8) is 0 Å². The van der Waals surface area contributed by atoms with Gasteiger partial charge in [0, 0.05) is 19.5 Å². The Balaban J connectivity index is 2.43. The highest BCUT2D eigenvalue weighted by Gasteiger charge is 2.27. The van der Waals surface area contributed by atoms with Crippen molar-refractivity contribution in [2.24, 2.45) is 0 Å². The Morgan fingerprint density at radius 2 is 2.09 bits per heavy atom. The Hall–Kier alpha value is -0.160. The third-order valence-electron chi connectivity index (χ3n) is 2.00. The number of nitrogens with zero attached hydrogens (tertiary/aromatic N) is 1. The summed E-state index contributed by atoms with van der Waals surface area (Å²) in [6.07, 6.45) is 0.554. The van der Waals surface area contributed by atoms with Crippen LogP contribution in [-0.4, -0.2) is 40.9 Å². The molecule has 0 aliphatic carbocycles. The summed E-state index contributed by atoms with van der Waals surface area (Å²) in [4.78, 5) is 0. The SMILES string of the molecule is C[C@@H]1C[C@H](N(C)O)CC(O)O1. The number of ether oxygens (including phenoxy) is 1. The standard InChI is InChI=1S/C7H15NO3/c1-5-3-6(8(2)10)4-7(9)11-5/h5-7,9-10H,3-4H2,1-2H3/t5-,6+,7?/m1/s1. The number of hydrogen-bond acceptors (Lipinski definition) is 4. The topological polar surface area (TPSA) is 52.9 Å². The molecule has 0 aromatic rings. The molecule has 1 rings (SSSR count). The molecule has 0 spiro atoms. The molecule has 1 heterocycles. The Morgan fingerprint density at radius 1 is 1.45 bits per heavy atom. The van der Waals surface area contributed by atoms with Crippen molar-refractivity contribution in [2.45, 2.75) is 38.2 Å². The molecule has 4 nitrogen and oxygen atoms in total. The van der Waals surface area contributed by atoms with Crippen LogP contribution in [-0.2, 0) is 4.74 Å². The van der Waals surface area contributed by atoms with Gasteiger partial charge in [-0.1, -0.05) is 0 Å². The average Bonchev–Trinajstić information content (AvgIpc) is 1.85. The zero-order valence-electron chi connectivity index (χ0n) is 6.90. The summed E-state index contributed by atoms with van der Waals surface area (Å²) in [6.45, 7) is 1.89. The lowest BCUT2D eigenvalue weighted by Gasteiger charge is -2.33. The molecule has 1 fully saturated rings. The monoisotopic (exact) mass is 161 g/mol. The Kier molecular flexibility index (Phi) is 2.84. The fourth-order valence-corrected chi connectivity index (χ4v) is 1.40. The molecule has 66 valence electrons. The van der Waals surface area contributed by atoms with Crippen LogP contribution in [0, 0.1) is 0 Å². The van der Waals surface area contributed by atoms with Gasteiger partial charge in [0.05, 0.1) is 6.10 Å². The summed E-state index contributed by atoms with van der Waals surface area (Å²) >= 11 is 0. The molecule has 1 aliphatic rings. The second kappa shape index (κ2) is 3.49. The molecule has 2 N–H and O–H groups in total. The highest BCUT2D eigenvalue weighted by molar-refractivity contribution is 4.73. The van der Waals surface area contributed by atoms with E-state index in [2.05, 4.69) is 0 Å². The molecular formula is C7H15NO3. The van der Waals surface area contributed by atoms with Gasteiger partial charge in [-0.2, -0.15) is 5.06 Å². The van der Waals surface area contributed by atoms with Gasteiger partial charge in [0.25, 0.3) is 0 Å². The predicted molar refractivity (Wildman–Crippen MR) is 39.1 cm³/mol. The van der Waals surface area contributed by atoms with Crippen LogP contribution < -0.4 is 0 Å². The van der Waals surface area contributed by atoms with Gasteiger partial charge in [-0.05, 0) is 13.3 Å². The lowest BCUT2D eigenvalue weighted by atomic mass is 10.0. The van der Waals surface area contributed by atoms with Crippen LogP contribution in [0.3, 0.4) is 0 Å². The first-order chi connectivity index (χ1) is 5.09. The van der Waals surface area contributed by atoms with E-state index in [4.69, 9.17) is 15.1 Å². The van der Waals surface area contributed by atoms with Crippen LogP contribution in [0.5, 0.6) is 0 Å². The molecule has 0 radical (unpaired) electrons. The normalized spacial score (nSPS) is 39.5. The van der Waals surface area contributed by atoms with E-state index >= 15 is 0 Å². The van der Waals surface area contributed by atoms with E-state index in [1.165, 1.54) is 0 Å². The quantitative estimate of drug-likeness (QED) is 0.539. The fraction of sp³-hybridized carbons (Fsp3) is 1.00. The summed E-state index contributed by atoms with van der Waals surface area (Å²) in [5.41, 5.74) is 0. The van der Waals surface area contributed by atoms with Crippen LogP contribution in [0.25, 0.3) is 0 Å². The van der Waals surface area contributed by atoms with Gasteiger partial charge in [-0.3, -0.25) is 0 Å². The van der Waals surface area contributed by atoms with Crippen molar-refractivity contribution < 1.29 is 15.1 Å². The lowest BCUT2D eigenvalue weighted by Crippen LogP contribution is -2.41. The molecule has 0 aromatic carbocycles. The third-order valence-corrected chi connectivity index (χ3v) is 2.00. The molecule has 1 aliphatic heterocycles. The van der Waals surface area contributed by atoms with Crippen LogP contribution in [0.2, 0.25) is 0 Å². The van der Waals surface area contributed by atoms with Crippen LogP contribution in [0.1, 0.15) is 19.8 Å². The van der Waals surface area contributed by atoms with Gasteiger partial charge in [0.1, 0.15) is 0 Å². The molecular weight excluding hydrogens is 146 g/mol. The van der Waals surface area contributed by atoms with E-state index in [9.17, 15) is 0 Å². The minimum Gasteiger partial charge on any atom is -0.368 e. The third kappa shape index (κ3) is 2.41. The Labute approximate surface area is 66.3 Å². The summed E-state index contributed by atoms with van der Waals surface area (Å²) in [5.74, 6) is 0. The summed E-state index contributed by atoms with van der Waals surface area (Å²) in [6, 6.07) is 0.0220. The van der Waals surface area contributed by atoms with Crippen molar-refractivity contribution in [1.82, 2.24) is 5.06 Å². The van der Waals surface area contributed by atoms with Gasteiger partial charge in [-0.25, -0.2) is 0 Å². The Bertz CT molecular complexity index is 119. The molecule has 1 unspecified atom stereocenters. The minimum atomic E-state index is -0.724. The number of hydrogen-bond donors (Lipinski definition) is 2. The van der Waals surface area contributed by atoms with Gasteiger partial charge < -0.3 is 15.1 Å². The molecule has 3 atom stereocenters. The number of rotatable bonds is 1. The molecule has 0 aromatic heterocycles. The lowest BCUT2D eigenvalue weighted by molar-refractivity contribution is -0.210. The predicted octanol–water partition coefficient (Wildman–Crippen LogP) is 0.193. The van der Waals surface area contributed by atoms with E-state index < -0.39 is 6.29 Å². The highest BCUT2D eigenvalue weighted by atomic mass is 16.6. The van der Waals surface area contributed by atoms with Gasteiger partial charge in [0.15, 0.2) is 6.29 Å². The van der Waals surface area contributed by atoms with E-state index in [0.29, 0.717) is 6.42 Å². The average molecular weight is 161 g/mol. The molecule has 11 heavy (non-hydrogen) atoms. The smallest absolute Gasteiger partial charge is 0.156 e. The van der Waals surface area contributed by atoms with E-state index in [1.807, 2.05) is 6.92 Å². The van der Waals surface area contributed by atoms with Crippen LogP contribution >= 0.6 is 0 Å². The van der Waals surface area contributed by atoms with Crippen molar-refractivity contribution in [1.29, 1.82) is 0 Å². The van der Waals surface area contributed by atoms with Crippen molar-refractivity contribution in [3.8, 4) is 0 Å². The number of hydroxylamine groups is 2. The second-order valence-corrected chi connectivity index (χ2v) is 3.10. The molecule has 0 amide bonds. The molecule has 4 heteroatoms. The maximum Gasteiger partial charge on any atom is 0.156 e. The van der Waals surface area contributed by atoms with Crippen LogP contribution in [0.15, 0.2) is 0 Å². The van der Waals surface area contributed by atoms with Crippen molar-refractivity contribution >= 4 is 0 Å². The zero-order valence-corrected chi connectivity index (χ0v) is 6.90. The maximum absolute atomic E-state index is 9.14. The highest BCUT2D eigenvalue weighted by Crippen LogP contribution is 2.20. The molecule has 0 bridgehead atoms. The maximum atomic E-state index is 9.14. The summed E-state index contributed by atoms with van der Waals surface area (Å²) < 4.78 is 5.08. The van der Waals surface area contributed by atoms with Crippen LogP contribution in [0.4, 0.5) is 0 Å². The minimum absolute atomic E-state index is 0.0220. The largest absolute Gasteiger partial charge is 0.368 e. The first kappa shape index (κ1) is 8.93. The van der Waals surface area contributed by atoms with Crippen molar-refractivity contribution in [2.75, 3.05) is 7.05 Å². The van der Waals surface area contributed by atoms with E-state index in [0.717, 1.165) is 11.5 Å². The molecule has 1 saturated heterocycles. The van der Waals surface area contributed by atoms with Gasteiger partial charge in [-0.15, -0.1) is 0 Å². The van der Waals surface area contributed by atoms with E-state index in [1.54, 1.807) is 7.05 Å². The van der Waals surface area contributed by atoms with Gasteiger partial charge in [0.2, 0.25) is 0 Å². The zero-order chi connectivity index (χ0) is 8.43. The fourth-order valence-electron chi connectivity index (χ4n) is 1.40. The number of aliphatic hydroxyl groups excluding tert-OH is 1. The molecule has 0 saturated carbocycles. The summed E-state index contributed by atoms with van der Waals surface area (Å²) in [5, 5.41) is 19.4. The van der Waals surface area contributed by atoms with E-state index in [-0.39, 0.29) is 12.1 Å². The second-order valence-electron chi connectivity index (χ2n) is 3.10. The Morgan fingerprint density at radius 3 is 2.55 bits per heavy atom. The van der Waals surface area contributed by atoms with Crippen molar-refractivity contribution in [3.05, 3.63) is 0 Å². The first-order valence-corrected chi connectivity index (χ1v) is 3.85.